The molecule has 1 aliphatic carbocycles. The molecule has 2 unspecified atom stereocenters. The highest BCUT2D eigenvalue weighted by Crippen LogP contribution is 2.39. The molecule has 0 radical (unpaired) electrons. The molecule has 1 heterocycles. The quantitative estimate of drug-likeness (QED) is 0.839. The Morgan fingerprint density at radius 1 is 1.33 bits per heavy atom. The van der Waals surface area contributed by atoms with Gasteiger partial charge in [-0.3, -0.25) is 4.79 Å². The van der Waals surface area contributed by atoms with E-state index in [1.54, 1.807) is 0 Å². The molecule has 0 aromatic carbocycles. The van der Waals surface area contributed by atoms with Crippen molar-refractivity contribution in [1.29, 1.82) is 0 Å². The summed E-state index contributed by atoms with van der Waals surface area (Å²) in [6.07, 6.45) is 4.21. The smallest absolute Gasteiger partial charge is 0.248 e. The molecule has 18 heavy (non-hydrogen) atoms. The van der Waals surface area contributed by atoms with E-state index < -0.39 is 11.5 Å². The average Bonchev–Trinajstić information content (AvgIpc) is 2.77. The first-order valence-electron chi connectivity index (χ1n) is 7.14. The molecule has 1 saturated heterocycles. The van der Waals surface area contributed by atoms with Crippen molar-refractivity contribution in [3.8, 4) is 0 Å². The number of carbonyl (C=O) groups is 1. The normalized spacial score (nSPS) is 35.6. The molecule has 2 aliphatic rings. The van der Waals surface area contributed by atoms with E-state index in [1.807, 2.05) is 6.92 Å². The monoisotopic (exact) mass is 259 g/mol. The first-order valence-corrected chi connectivity index (χ1v) is 7.14. The Kier molecular flexibility index (Phi) is 4.05. The van der Waals surface area contributed by atoms with Crippen molar-refractivity contribution < 1.29 is 13.6 Å². The standard InChI is InChI=1S/C14H23F2NO/c1-2-13(6-4-8-17-13)12(18)9-11-5-3-7-14(15,16)10-11/h11,17H,2-10H2,1H3. The van der Waals surface area contributed by atoms with Gasteiger partial charge in [0, 0.05) is 19.3 Å². The number of hydrogen-bond acceptors (Lipinski definition) is 2. The molecule has 2 fully saturated rings. The van der Waals surface area contributed by atoms with E-state index in [9.17, 15) is 13.6 Å². The molecule has 2 atom stereocenters. The van der Waals surface area contributed by atoms with Crippen LogP contribution in [0.1, 0.15) is 58.3 Å². The lowest BCUT2D eigenvalue weighted by molar-refractivity contribution is -0.127. The van der Waals surface area contributed by atoms with E-state index in [0.29, 0.717) is 12.8 Å². The van der Waals surface area contributed by atoms with Crippen molar-refractivity contribution in [2.75, 3.05) is 6.54 Å². The second-order valence-electron chi connectivity index (χ2n) is 5.91. The Hall–Kier alpha value is -0.510. The first kappa shape index (κ1) is 13.9. The Morgan fingerprint density at radius 2 is 2.11 bits per heavy atom. The summed E-state index contributed by atoms with van der Waals surface area (Å²) < 4.78 is 26.7. The highest BCUT2D eigenvalue weighted by molar-refractivity contribution is 5.88. The van der Waals surface area contributed by atoms with Gasteiger partial charge in [0.2, 0.25) is 5.92 Å². The van der Waals surface area contributed by atoms with E-state index in [-0.39, 0.29) is 24.5 Å². The van der Waals surface area contributed by atoms with Crippen LogP contribution in [0.3, 0.4) is 0 Å². The van der Waals surface area contributed by atoms with Gasteiger partial charge >= 0.3 is 0 Å². The van der Waals surface area contributed by atoms with E-state index in [0.717, 1.165) is 32.2 Å². The van der Waals surface area contributed by atoms with Crippen LogP contribution in [0.2, 0.25) is 0 Å². The number of Topliss-reactive ketones (excluding diaryl/α,β-unsaturated/α-hetero) is 1. The minimum atomic E-state index is -2.55. The maximum atomic E-state index is 13.3. The maximum absolute atomic E-state index is 13.3. The Morgan fingerprint density at radius 3 is 2.67 bits per heavy atom. The number of ketones is 1. The molecular formula is C14H23F2NO. The van der Waals surface area contributed by atoms with Crippen molar-refractivity contribution in [2.45, 2.75) is 69.8 Å². The van der Waals surface area contributed by atoms with Gasteiger partial charge in [0.1, 0.15) is 0 Å². The molecule has 2 nitrogen and oxygen atoms in total. The Bertz CT molecular complexity index is 311. The van der Waals surface area contributed by atoms with Crippen LogP contribution in [0.4, 0.5) is 8.78 Å². The lowest BCUT2D eigenvalue weighted by atomic mass is 9.78. The van der Waals surface area contributed by atoms with Crippen LogP contribution < -0.4 is 5.32 Å². The number of nitrogens with one attached hydrogen (secondary N) is 1. The number of hydrogen-bond donors (Lipinski definition) is 1. The topological polar surface area (TPSA) is 29.1 Å². The summed E-state index contributed by atoms with van der Waals surface area (Å²) in [4.78, 5) is 12.4. The number of halogens is 2. The summed E-state index contributed by atoms with van der Waals surface area (Å²) in [7, 11) is 0. The van der Waals surface area contributed by atoms with Crippen LogP contribution in [0, 0.1) is 5.92 Å². The van der Waals surface area contributed by atoms with Crippen LogP contribution in [0.5, 0.6) is 0 Å². The van der Waals surface area contributed by atoms with Gasteiger partial charge in [0.25, 0.3) is 0 Å². The van der Waals surface area contributed by atoms with Gasteiger partial charge < -0.3 is 5.32 Å². The molecule has 1 saturated carbocycles. The van der Waals surface area contributed by atoms with Crippen molar-refractivity contribution in [3.63, 3.8) is 0 Å². The van der Waals surface area contributed by atoms with E-state index in [2.05, 4.69) is 5.32 Å². The summed E-state index contributed by atoms with van der Waals surface area (Å²) >= 11 is 0. The van der Waals surface area contributed by atoms with Crippen LogP contribution in [-0.2, 0) is 4.79 Å². The third-order valence-electron chi connectivity index (χ3n) is 4.60. The molecule has 0 bridgehead atoms. The molecule has 0 amide bonds. The SMILES string of the molecule is CCC1(C(=O)CC2CCCC(F)(F)C2)CCCN1. The van der Waals surface area contributed by atoms with Crippen LogP contribution >= 0.6 is 0 Å². The fourth-order valence-electron chi connectivity index (χ4n) is 3.45. The number of rotatable bonds is 4. The third-order valence-corrected chi connectivity index (χ3v) is 4.60. The fraction of sp³-hybridized carbons (Fsp3) is 0.929. The zero-order valence-corrected chi connectivity index (χ0v) is 11.1. The summed E-state index contributed by atoms with van der Waals surface area (Å²) in [5.41, 5.74) is -0.410. The zero-order valence-electron chi connectivity index (χ0n) is 11.1. The van der Waals surface area contributed by atoms with Gasteiger partial charge in [0.15, 0.2) is 5.78 Å². The van der Waals surface area contributed by atoms with Gasteiger partial charge in [-0.25, -0.2) is 8.78 Å². The van der Waals surface area contributed by atoms with Crippen molar-refractivity contribution >= 4 is 5.78 Å². The van der Waals surface area contributed by atoms with Gasteiger partial charge in [-0.05, 0) is 44.6 Å². The Labute approximate surface area is 108 Å². The predicted octanol–water partition coefficient (Wildman–Crippen LogP) is 3.30. The van der Waals surface area contributed by atoms with Crippen LogP contribution in [-0.4, -0.2) is 23.8 Å². The highest BCUT2D eigenvalue weighted by Gasteiger charge is 2.42. The van der Waals surface area contributed by atoms with E-state index >= 15 is 0 Å². The van der Waals surface area contributed by atoms with Crippen LogP contribution in [0.25, 0.3) is 0 Å². The lowest BCUT2D eigenvalue weighted by Gasteiger charge is -2.32. The molecular weight excluding hydrogens is 236 g/mol. The minimum absolute atomic E-state index is 0.00510. The minimum Gasteiger partial charge on any atom is -0.305 e. The third kappa shape index (κ3) is 2.90. The predicted molar refractivity (Wildman–Crippen MR) is 66.8 cm³/mol. The van der Waals surface area contributed by atoms with E-state index in [4.69, 9.17) is 0 Å². The maximum Gasteiger partial charge on any atom is 0.248 e. The molecule has 104 valence electrons. The molecule has 0 spiro atoms. The number of alkyl halides is 2. The molecule has 0 aromatic heterocycles. The Balaban J connectivity index is 1.94. The zero-order chi connectivity index (χ0) is 13.2. The first-order chi connectivity index (χ1) is 8.47. The largest absolute Gasteiger partial charge is 0.305 e. The van der Waals surface area contributed by atoms with Crippen molar-refractivity contribution in [2.24, 2.45) is 5.92 Å². The second-order valence-corrected chi connectivity index (χ2v) is 5.91. The number of carbonyl (C=O) groups excluding carboxylic acids is 1. The summed E-state index contributed by atoms with van der Waals surface area (Å²) in [6.45, 7) is 2.88. The van der Waals surface area contributed by atoms with Gasteiger partial charge in [0.05, 0.1) is 5.54 Å². The molecule has 4 heteroatoms. The summed E-state index contributed by atoms with van der Waals surface area (Å²) in [5.74, 6) is -2.51. The lowest BCUT2D eigenvalue weighted by Crippen LogP contribution is -2.48. The van der Waals surface area contributed by atoms with E-state index in [1.165, 1.54) is 0 Å². The second kappa shape index (κ2) is 5.24. The average molecular weight is 259 g/mol. The highest BCUT2D eigenvalue weighted by atomic mass is 19.3. The van der Waals surface area contributed by atoms with Crippen molar-refractivity contribution in [1.82, 2.24) is 5.32 Å². The molecule has 2 rings (SSSR count). The molecule has 0 aromatic rings. The summed E-state index contributed by atoms with van der Waals surface area (Å²) in [6, 6.07) is 0. The molecule has 1 N–H and O–H groups in total. The summed E-state index contributed by atoms with van der Waals surface area (Å²) in [5, 5.41) is 3.29. The van der Waals surface area contributed by atoms with Gasteiger partial charge in [-0.1, -0.05) is 6.92 Å². The van der Waals surface area contributed by atoms with Gasteiger partial charge in [-0.2, -0.15) is 0 Å². The fourth-order valence-corrected chi connectivity index (χ4v) is 3.45. The molecule has 1 aliphatic heterocycles. The van der Waals surface area contributed by atoms with Gasteiger partial charge in [-0.15, -0.1) is 0 Å². The van der Waals surface area contributed by atoms with Crippen molar-refractivity contribution in [3.05, 3.63) is 0 Å². The van der Waals surface area contributed by atoms with Crippen LogP contribution in [0.15, 0.2) is 0 Å².